The summed E-state index contributed by atoms with van der Waals surface area (Å²) in [6.45, 7) is 4.25. The van der Waals surface area contributed by atoms with Gasteiger partial charge in [-0.1, -0.05) is 19.1 Å². The third kappa shape index (κ3) is 2.03. The highest BCUT2D eigenvalue weighted by molar-refractivity contribution is 6.02. The molecule has 0 radical (unpaired) electrons. The van der Waals surface area contributed by atoms with Crippen molar-refractivity contribution in [1.29, 1.82) is 0 Å². The van der Waals surface area contributed by atoms with Crippen molar-refractivity contribution in [3.8, 4) is 5.75 Å². The van der Waals surface area contributed by atoms with E-state index in [0.717, 1.165) is 37.0 Å². The molecule has 122 valence electrons. The first-order valence-corrected chi connectivity index (χ1v) is 8.95. The van der Waals surface area contributed by atoms with Gasteiger partial charge in [-0.15, -0.1) is 0 Å². The quantitative estimate of drug-likeness (QED) is 0.704. The van der Waals surface area contributed by atoms with Crippen molar-refractivity contribution in [1.82, 2.24) is 0 Å². The van der Waals surface area contributed by atoms with Gasteiger partial charge in [-0.2, -0.15) is 0 Å². The van der Waals surface area contributed by atoms with E-state index in [9.17, 15) is 4.79 Å². The summed E-state index contributed by atoms with van der Waals surface area (Å²) in [5.41, 5.74) is 3.96. The van der Waals surface area contributed by atoms with Gasteiger partial charge < -0.3 is 4.74 Å². The summed E-state index contributed by atoms with van der Waals surface area (Å²) in [7, 11) is 1.74. The van der Waals surface area contributed by atoms with Crippen molar-refractivity contribution in [3.05, 3.63) is 41.0 Å². The van der Waals surface area contributed by atoms with Gasteiger partial charge in [-0.25, -0.2) is 0 Å². The molecule has 0 spiro atoms. The zero-order valence-corrected chi connectivity index (χ0v) is 14.4. The highest BCUT2D eigenvalue weighted by atomic mass is 16.5. The summed E-state index contributed by atoms with van der Waals surface area (Å²) in [5.74, 6) is 3.23. The second-order valence-corrected chi connectivity index (χ2v) is 7.78. The highest BCUT2D eigenvalue weighted by Gasteiger charge is 2.56. The molecule has 0 unspecified atom stereocenters. The third-order valence-corrected chi connectivity index (χ3v) is 6.92. The van der Waals surface area contributed by atoms with Crippen LogP contribution < -0.4 is 4.74 Å². The summed E-state index contributed by atoms with van der Waals surface area (Å²) in [6, 6.07) is 6.60. The van der Waals surface area contributed by atoms with E-state index in [4.69, 9.17) is 4.74 Å². The number of hydrogen-bond acceptors (Lipinski definition) is 2. The normalized spacial score (nSPS) is 37.3. The molecule has 1 aromatic rings. The SMILES string of the molecule is CC=C1C[C@H]2[C@@H]3CCc4cc(OC)ccc4[C@H]3CC[C@]2(C)C1=O. The van der Waals surface area contributed by atoms with E-state index >= 15 is 0 Å². The smallest absolute Gasteiger partial charge is 0.164 e. The number of carbonyl (C=O) groups is 1. The minimum absolute atomic E-state index is 0.104. The summed E-state index contributed by atoms with van der Waals surface area (Å²) >= 11 is 0. The van der Waals surface area contributed by atoms with Crippen LogP contribution in [0, 0.1) is 17.3 Å². The number of ketones is 1. The number of methoxy groups -OCH3 is 1. The molecule has 0 aliphatic heterocycles. The lowest BCUT2D eigenvalue weighted by atomic mass is 9.55. The number of benzene rings is 1. The predicted octanol–water partition coefficient (Wildman–Crippen LogP) is 4.68. The van der Waals surface area contributed by atoms with Crippen LogP contribution in [0.15, 0.2) is 29.8 Å². The number of carbonyl (C=O) groups excluding carboxylic acids is 1. The van der Waals surface area contributed by atoms with Crippen molar-refractivity contribution in [2.75, 3.05) is 7.11 Å². The molecule has 3 aliphatic carbocycles. The molecular weight excluding hydrogens is 284 g/mol. The van der Waals surface area contributed by atoms with Gasteiger partial charge >= 0.3 is 0 Å². The van der Waals surface area contributed by atoms with Crippen LogP contribution in [0.3, 0.4) is 0 Å². The molecule has 0 bridgehead atoms. The number of ether oxygens (including phenoxy) is 1. The van der Waals surface area contributed by atoms with Gasteiger partial charge in [0.2, 0.25) is 0 Å². The fourth-order valence-corrected chi connectivity index (χ4v) is 5.61. The maximum absolute atomic E-state index is 12.8. The lowest BCUT2D eigenvalue weighted by Gasteiger charge is -2.48. The standard InChI is InChI=1S/C21H26O2/c1-4-13-12-19-18-7-5-14-11-15(23-3)6-8-16(14)17(18)9-10-21(19,2)20(13)22/h4,6,8,11,17-19H,5,7,9-10,12H2,1-3H3/t17-,18-,19+,21+/m1/s1. The molecule has 4 atom stereocenters. The summed E-state index contributed by atoms with van der Waals surface area (Å²) < 4.78 is 5.39. The third-order valence-electron chi connectivity index (χ3n) is 6.92. The van der Waals surface area contributed by atoms with Gasteiger partial charge in [-0.3, -0.25) is 4.79 Å². The average molecular weight is 310 g/mol. The first-order chi connectivity index (χ1) is 11.1. The molecule has 3 aliphatic rings. The number of fused-ring (bicyclic) bond motifs is 5. The monoisotopic (exact) mass is 310 g/mol. The minimum atomic E-state index is -0.104. The number of Topliss-reactive ketones (excluding diaryl/α,β-unsaturated/α-hetero) is 1. The van der Waals surface area contributed by atoms with Gasteiger partial charge in [0.25, 0.3) is 0 Å². The Bertz CT molecular complexity index is 687. The second kappa shape index (κ2) is 5.22. The largest absolute Gasteiger partial charge is 0.497 e. The summed E-state index contributed by atoms with van der Waals surface area (Å²) in [5, 5.41) is 0. The molecule has 0 heterocycles. The maximum Gasteiger partial charge on any atom is 0.164 e. The lowest BCUT2D eigenvalue weighted by Crippen LogP contribution is -2.42. The molecule has 23 heavy (non-hydrogen) atoms. The Morgan fingerprint density at radius 1 is 1.30 bits per heavy atom. The molecular formula is C21H26O2. The molecule has 2 heteroatoms. The van der Waals surface area contributed by atoms with Crippen LogP contribution in [0.2, 0.25) is 0 Å². The topological polar surface area (TPSA) is 26.3 Å². The molecule has 2 nitrogen and oxygen atoms in total. The van der Waals surface area contributed by atoms with Crippen LogP contribution in [0.4, 0.5) is 0 Å². The van der Waals surface area contributed by atoms with Crippen molar-refractivity contribution in [3.63, 3.8) is 0 Å². The zero-order chi connectivity index (χ0) is 16.2. The Morgan fingerprint density at radius 3 is 2.87 bits per heavy atom. The molecule has 0 saturated heterocycles. The molecule has 2 fully saturated rings. The van der Waals surface area contributed by atoms with Gasteiger partial charge in [0.05, 0.1) is 7.11 Å². The molecule has 0 N–H and O–H groups in total. The van der Waals surface area contributed by atoms with E-state index in [1.165, 1.54) is 17.5 Å². The molecule has 4 rings (SSSR count). The van der Waals surface area contributed by atoms with Crippen LogP contribution in [0.25, 0.3) is 0 Å². The Balaban J connectivity index is 1.71. The molecule has 1 aromatic carbocycles. The van der Waals surface area contributed by atoms with Gasteiger partial charge in [-0.05, 0) is 85.6 Å². The highest BCUT2D eigenvalue weighted by Crippen LogP contribution is 2.60. The maximum atomic E-state index is 12.8. The lowest BCUT2D eigenvalue weighted by molar-refractivity contribution is -0.127. The van der Waals surface area contributed by atoms with Gasteiger partial charge in [0.15, 0.2) is 5.78 Å². The fraction of sp³-hybridized carbons (Fsp3) is 0.571. The van der Waals surface area contributed by atoms with E-state index in [2.05, 4.69) is 31.2 Å². The molecule has 0 aromatic heterocycles. The van der Waals surface area contributed by atoms with Crippen LogP contribution in [0.1, 0.15) is 56.6 Å². The van der Waals surface area contributed by atoms with Crippen molar-refractivity contribution in [2.45, 2.75) is 51.9 Å². The Labute approximate surface area is 138 Å². The van der Waals surface area contributed by atoms with Gasteiger partial charge in [0.1, 0.15) is 5.75 Å². The van der Waals surface area contributed by atoms with Crippen molar-refractivity contribution >= 4 is 5.78 Å². The fourth-order valence-electron chi connectivity index (χ4n) is 5.61. The zero-order valence-electron chi connectivity index (χ0n) is 14.4. The Morgan fingerprint density at radius 2 is 2.13 bits per heavy atom. The number of aryl methyl sites for hydroxylation is 1. The summed E-state index contributed by atoms with van der Waals surface area (Å²) in [4.78, 5) is 12.8. The predicted molar refractivity (Wildman–Crippen MR) is 91.8 cm³/mol. The van der Waals surface area contributed by atoms with Crippen LogP contribution in [-0.2, 0) is 11.2 Å². The van der Waals surface area contributed by atoms with Crippen molar-refractivity contribution < 1.29 is 9.53 Å². The Hall–Kier alpha value is -1.57. The minimum Gasteiger partial charge on any atom is -0.497 e. The average Bonchev–Trinajstić information content (AvgIpc) is 2.85. The summed E-state index contributed by atoms with van der Waals surface area (Å²) in [6.07, 6.45) is 7.59. The van der Waals surface area contributed by atoms with E-state index in [1.807, 2.05) is 6.92 Å². The first-order valence-electron chi connectivity index (χ1n) is 8.95. The van der Waals surface area contributed by atoms with Gasteiger partial charge in [0, 0.05) is 5.41 Å². The van der Waals surface area contributed by atoms with E-state index in [1.54, 1.807) is 7.11 Å². The van der Waals surface area contributed by atoms with E-state index < -0.39 is 0 Å². The van der Waals surface area contributed by atoms with Crippen LogP contribution >= 0.6 is 0 Å². The first kappa shape index (κ1) is 15.0. The molecule has 2 saturated carbocycles. The molecule has 0 amide bonds. The second-order valence-electron chi connectivity index (χ2n) is 7.78. The number of hydrogen-bond donors (Lipinski definition) is 0. The van der Waals surface area contributed by atoms with E-state index in [0.29, 0.717) is 23.5 Å². The van der Waals surface area contributed by atoms with Crippen LogP contribution in [-0.4, -0.2) is 12.9 Å². The Kier molecular flexibility index (Phi) is 3.40. The van der Waals surface area contributed by atoms with Crippen molar-refractivity contribution in [2.24, 2.45) is 17.3 Å². The number of allylic oxidation sites excluding steroid dienone is 2. The van der Waals surface area contributed by atoms with Crippen LogP contribution in [0.5, 0.6) is 5.75 Å². The van der Waals surface area contributed by atoms with E-state index in [-0.39, 0.29) is 5.41 Å². The number of rotatable bonds is 1.